The first kappa shape index (κ1) is 15.4. The minimum Gasteiger partial charge on any atom is -0.493 e. The van der Waals surface area contributed by atoms with Crippen molar-refractivity contribution in [2.45, 2.75) is 25.4 Å². The topological polar surface area (TPSA) is 83.7 Å². The summed E-state index contributed by atoms with van der Waals surface area (Å²) in [6.07, 6.45) is 3.41. The molecule has 2 amide bonds. The molecule has 1 aromatic heterocycles. The van der Waals surface area contributed by atoms with E-state index in [9.17, 15) is 9.90 Å². The lowest BCUT2D eigenvalue weighted by Gasteiger charge is -2.21. The first-order chi connectivity index (χ1) is 11.0. The van der Waals surface area contributed by atoms with Gasteiger partial charge in [0.25, 0.3) is 0 Å². The highest BCUT2D eigenvalue weighted by atomic mass is 16.5. The maximum Gasteiger partial charge on any atom is 0.319 e. The Hall–Kier alpha value is -2.47. The molecule has 0 radical (unpaired) electrons. The molecule has 0 bridgehead atoms. The molecule has 0 saturated heterocycles. The van der Waals surface area contributed by atoms with Gasteiger partial charge in [0.2, 0.25) is 0 Å². The minimum absolute atomic E-state index is 0.0421. The van der Waals surface area contributed by atoms with Crippen molar-refractivity contribution < 1.29 is 19.1 Å². The second kappa shape index (κ2) is 6.34. The zero-order chi connectivity index (χ0) is 16.3. The number of hydrogen-bond donors (Lipinski definition) is 3. The van der Waals surface area contributed by atoms with Crippen molar-refractivity contribution in [2.24, 2.45) is 0 Å². The molecule has 0 spiro atoms. The van der Waals surface area contributed by atoms with Crippen molar-refractivity contribution >= 4 is 11.7 Å². The fourth-order valence-corrected chi connectivity index (χ4v) is 2.54. The number of anilines is 1. The Kier molecular flexibility index (Phi) is 4.25. The lowest BCUT2D eigenvalue weighted by atomic mass is 10.0. The Balaban J connectivity index is 1.57. The van der Waals surface area contributed by atoms with Gasteiger partial charge >= 0.3 is 6.03 Å². The molecule has 0 saturated carbocycles. The smallest absolute Gasteiger partial charge is 0.319 e. The summed E-state index contributed by atoms with van der Waals surface area (Å²) in [4.78, 5) is 12.0. The number of nitrogens with one attached hydrogen (secondary N) is 2. The van der Waals surface area contributed by atoms with Crippen LogP contribution >= 0.6 is 0 Å². The summed E-state index contributed by atoms with van der Waals surface area (Å²) in [6, 6.07) is 8.56. The number of urea groups is 1. The third-order valence-electron chi connectivity index (χ3n) is 3.81. The van der Waals surface area contributed by atoms with Crippen LogP contribution in [0.25, 0.3) is 0 Å². The van der Waals surface area contributed by atoms with Crippen LogP contribution in [-0.2, 0) is 12.0 Å². The van der Waals surface area contributed by atoms with Crippen LogP contribution < -0.4 is 15.4 Å². The van der Waals surface area contributed by atoms with Crippen LogP contribution in [0.15, 0.2) is 41.0 Å². The predicted octanol–water partition coefficient (Wildman–Crippen LogP) is 2.63. The normalized spacial score (nSPS) is 15.9. The highest BCUT2D eigenvalue weighted by Gasteiger charge is 2.26. The van der Waals surface area contributed by atoms with E-state index < -0.39 is 5.60 Å². The van der Waals surface area contributed by atoms with E-state index in [1.54, 1.807) is 25.1 Å². The summed E-state index contributed by atoms with van der Waals surface area (Å²) in [7, 11) is 0. The zero-order valence-corrected chi connectivity index (χ0v) is 13.0. The molecule has 23 heavy (non-hydrogen) atoms. The first-order valence-electron chi connectivity index (χ1n) is 7.61. The number of fused-ring (bicyclic) bond motifs is 1. The molecule has 3 N–H and O–H groups in total. The van der Waals surface area contributed by atoms with Crippen molar-refractivity contribution in [3.05, 3.63) is 47.9 Å². The first-order valence-corrected chi connectivity index (χ1v) is 7.61. The molecule has 3 rings (SSSR count). The number of aryl methyl sites for hydroxylation is 1. The van der Waals surface area contributed by atoms with Gasteiger partial charge in [-0.1, -0.05) is 0 Å². The summed E-state index contributed by atoms with van der Waals surface area (Å²) in [5.41, 5.74) is 0.533. The molecular weight excluding hydrogens is 296 g/mol. The van der Waals surface area contributed by atoms with Gasteiger partial charge in [-0.05, 0) is 55.7 Å². The highest BCUT2D eigenvalue weighted by molar-refractivity contribution is 5.89. The van der Waals surface area contributed by atoms with Gasteiger partial charge in [0, 0.05) is 5.69 Å². The maximum absolute atomic E-state index is 12.0. The molecule has 2 aromatic rings. The van der Waals surface area contributed by atoms with Crippen LogP contribution in [0.4, 0.5) is 10.5 Å². The number of benzene rings is 1. The number of aliphatic hydroxyl groups is 1. The number of amides is 2. The standard InChI is InChI=1S/C17H20N2O4/c1-17(21,15-5-3-9-23-15)11-18-16(20)19-13-6-7-14-12(10-13)4-2-8-22-14/h3,5-7,9-10,21H,2,4,8,11H2,1H3,(H2,18,19,20)/t17-/m1/s1. The molecule has 6 nitrogen and oxygen atoms in total. The Morgan fingerprint density at radius 1 is 1.39 bits per heavy atom. The van der Waals surface area contributed by atoms with Gasteiger partial charge in [-0.25, -0.2) is 4.79 Å². The van der Waals surface area contributed by atoms with Gasteiger partial charge in [0.15, 0.2) is 0 Å². The molecule has 0 unspecified atom stereocenters. The summed E-state index contributed by atoms with van der Waals surface area (Å²) >= 11 is 0. The molecule has 122 valence electrons. The van der Waals surface area contributed by atoms with Gasteiger partial charge in [0.05, 0.1) is 19.4 Å². The zero-order valence-electron chi connectivity index (χ0n) is 13.0. The summed E-state index contributed by atoms with van der Waals surface area (Å²) < 4.78 is 10.7. The Labute approximate surface area is 134 Å². The van der Waals surface area contributed by atoms with Crippen LogP contribution in [0.5, 0.6) is 5.75 Å². The number of hydrogen-bond acceptors (Lipinski definition) is 4. The summed E-state index contributed by atoms with van der Waals surface area (Å²) in [6.45, 7) is 2.37. The number of carbonyl (C=O) groups is 1. The second-order valence-electron chi connectivity index (χ2n) is 5.83. The monoisotopic (exact) mass is 316 g/mol. The van der Waals surface area contributed by atoms with Crippen LogP contribution in [0, 0.1) is 0 Å². The Bertz CT molecular complexity index is 680. The predicted molar refractivity (Wildman–Crippen MR) is 85.6 cm³/mol. The molecule has 6 heteroatoms. The van der Waals surface area contributed by atoms with Gasteiger partial charge in [-0.15, -0.1) is 0 Å². The van der Waals surface area contributed by atoms with E-state index in [1.165, 1.54) is 6.26 Å². The molecular formula is C17H20N2O4. The molecule has 1 aromatic carbocycles. The number of carbonyl (C=O) groups excluding carboxylic acids is 1. The van der Waals surface area contributed by atoms with Gasteiger partial charge < -0.3 is 24.9 Å². The van der Waals surface area contributed by atoms with Crippen LogP contribution in [0.1, 0.15) is 24.7 Å². The third kappa shape index (κ3) is 3.65. The molecule has 0 aliphatic carbocycles. The quantitative estimate of drug-likeness (QED) is 0.809. The lowest BCUT2D eigenvalue weighted by molar-refractivity contribution is 0.0372. The van der Waals surface area contributed by atoms with Crippen molar-refractivity contribution in [3.63, 3.8) is 0 Å². The van der Waals surface area contributed by atoms with Gasteiger partial charge in [-0.3, -0.25) is 0 Å². The van der Waals surface area contributed by atoms with E-state index in [4.69, 9.17) is 9.15 Å². The fourth-order valence-electron chi connectivity index (χ4n) is 2.54. The molecule has 1 atom stereocenters. The van der Waals surface area contributed by atoms with Crippen molar-refractivity contribution in [1.82, 2.24) is 5.32 Å². The Morgan fingerprint density at radius 3 is 3.04 bits per heavy atom. The number of rotatable bonds is 4. The van der Waals surface area contributed by atoms with E-state index in [1.807, 2.05) is 12.1 Å². The van der Waals surface area contributed by atoms with Crippen molar-refractivity contribution in [3.8, 4) is 5.75 Å². The minimum atomic E-state index is -1.26. The van der Waals surface area contributed by atoms with E-state index in [0.29, 0.717) is 11.4 Å². The van der Waals surface area contributed by atoms with Crippen molar-refractivity contribution in [1.29, 1.82) is 0 Å². The molecule has 1 aliphatic rings. The van der Waals surface area contributed by atoms with E-state index in [-0.39, 0.29) is 12.6 Å². The Morgan fingerprint density at radius 2 is 2.26 bits per heavy atom. The maximum atomic E-state index is 12.0. The van der Waals surface area contributed by atoms with Crippen molar-refractivity contribution in [2.75, 3.05) is 18.5 Å². The van der Waals surface area contributed by atoms with Gasteiger partial charge in [0.1, 0.15) is 17.1 Å². The van der Waals surface area contributed by atoms with Crippen LogP contribution in [-0.4, -0.2) is 24.3 Å². The summed E-state index contributed by atoms with van der Waals surface area (Å²) in [5.74, 6) is 1.28. The van der Waals surface area contributed by atoms with E-state index in [2.05, 4.69) is 10.6 Å². The van der Waals surface area contributed by atoms with Crippen LogP contribution in [0.2, 0.25) is 0 Å². The highest BCUT2D eigenvalue weighted by Crippen LogP contribution is 2.27. The van der Waals surface area contributed by atoms with Gasteiger partial charge in [-0.2, -0.15) is 0 Å². The largest absolute Gasteiger partial charge is 0.493 e. The molecule has 2 heterocycles. The summed E-state index contributed by atoms with van der Waals surface area (Å²) in [5, 5.41) is 15.7. The average Bonchev–Trinajstić information content (AvgIpc) is 3.08. The van der Waals surface area contributed by atoms with E-state index >= 15 is 0 Å². The molecule has 1 aliphatic heterocycles. The average molecular weight is 316 g/mol. The van der Waals surface area contributed by atoms with E-state index in [0.717, 1.165) is 30.8 Å². The molecule has 0 fully saturated rings. The lowest BCUT2D eigenvalue weighted by Crippen LogP contribution is -2.40. The fraction of sp³-hybridized carbons (Fsp3) is 0.353. The number of furan rings is 1. The SMILES string of the molecule is C[C@@](O)(CNC(=O)Nc1ccc2c(c1)CCCO2)c1ccco1. The third-order valence-corrected chi connectivity index (χ3v) is 3.81. The number of ether oxygens (including phenoxy) is 1. The second-order valence-corrected chi connectivity index (χ2v) is 5.83. The van der Waals surface area contributed by atoms with Crippen LogP contribution in [0.3, 0.4) is 0 Å².